The van der Waals surface area contributed by atoms with Crippen LogP contribution in [0, 0.1) is 0 Å². The molecule has 0 spiro atoms. The van der Waals surface area contributed by atoms with Crippen molar-refractivity contribution in [3.63, 3.8) is 0 Å². The van der Waals surface area contributed by atoms with Gasteiger partial charge >= 0.3 is 0 Å². The Morgan fingerprint density at radius 1 is 1.18 bits per heavy atom. The van der Waals surface area contributed by atoms with E-state index in [2.05, 4.69) is 0 Å². The number of alkyl halides is 2. The van der Waals surface area contributed by atoms with E-state index in [9.17, 15) is 5.11 Å². The monoisotopic (exact) mass is 189 g/mol. The van der Waals surface area contributed by atoms with Crippen LogP contribution >= 0.6 is 23.2 Å². The second-order valence-electron chi connectivity index (χ2n) is 2.30. The van der Waals surface area contributed by atoms with Crippen LogP contribution in [0.5, 0.6) is 0 Å². The lowest BCUT2D eigenvalue weighted by Gasteiger charge is -2.07. The molecule has 0 unspecified atom stereocenters. The molecule has 0 amide bonds. The average Bonchev–Trinajstić information content (AvgIpc) is 1.85. The summed E-state index contributed by atoms with van der Waals surface area (Å²) in [7, 11) is 0. The molecule has 0 N–H and O–H groups in total. The normalized spacial score (nSPS) is 11.5. The van der Waals surface area contributed by atoms with Gasteiger partial charge in [-0.3, -0.25) is 0 Å². The largest absolute Gasteiger partial charge is 0.253 e. The Morgan fingerprint density at radius 3 is 2.18 bits per heavy atom. The lowest BCUT2D eigenvalue weighted by atomic mass is 10.2. The predicted molar refractivity (Wildman–Crippen MR) is 45.3 cm³/mol. The summed E-state index contributed by atoms with van der Waals surface area (Å²) in [5.74, 6) is 0. The standard InChI is InChI=1S/C8H7Cl2O/c9-8(10,11)6-7-4-2-1-3-5-7/h1-5H,6H2. The molecular formula is C8H7Cl2O. The Bertz CT molecular complexity index is 215. The maximum Gasteiger partial charge on any atom is 0.253 e. The van der Waals surface area contributed by atoms with Crippen molar-refractivity contribution < 1.29 is 5.11 Å². The van der Waals surface area contributed by atoms with Crippen molar-refractivity contribution in [2.45, 2.75) is 10.9 Å². The second kappa shape index (κ2) is 3.44. The van der Waals surface area contributed by atoms with E-state index in [-0.39, 0.29) is 6.42 Å². The zero-order chi connectivity index (χ0) is 8.32. The van der Waals surface area contributed by atoms with Gasteiger partial charge in [-0.05, 0) is 5.56 Å². The van der Waals surface area contributed by atoms with Crippen molar-refractivity contribution >= 4 is 23.2 Å². The molecule has 0 saturated carbocycles. The van der Waals surface area contributed by atoms with Crippen LogP contribution in [-0.2, 0) is 11.5 Å². The Morgan fingerprint density at radius 2 is 1.73 bits per heavy atom. The third-order valence-electron chi connectivity index (χ3n) is 1.25. The van der Waals surface area contributed by atoms with Gasteiger partial charge < -0.3 is 0 Å². The fourth-order valence-electron chi connectivity index (χ4n) is 0.833. The molecule has 0 fully saturated rings. The van der Waals surface area contributed by atoms with E-state index in [0.717, 1.165) is 5.56 Å². The third kappa shape index (κ3) is 3.61. The number of halogens is 2. The zero-order valence-electron chi connectivity index (χ0n) is 5.76. The van der Waals surface area contributed by atoms with Crippen molar-refractivity contribution in [1.82, 2.24) is 0 Å². The molecule has 0 aliphatic rings. The first-order chi connectivity index (χ1) is 5.08. The molecule has 0 aliphatic carbocycles. The minimum atomic E-state index is -1.90. The molecule has 0 aliphatic heterocycles. The molecule has 1 aromatic carbocycles. The first-order valence-electron chi connectivity index (χ1n) is 3.20. The first kappa shape index (κ1) is 8.85. The Balaban J connectivity index is 2.66. The van der Waals surface area contributed by atoms with Crippen LogP contribution in [0.3, 0.4) is 0 Å². The molecule has 3 heteroatoms. The van der Waals surface area contributed by atoms with Crippen molar-refractivity contribution in [3.8, 4) is 0 Å². The van der Waals surface area contributed by atoms with Crippen LogP contribution in [0.4, 0.5) is 0 Å². The molecule has 0 atom stereocenters. The molecular weight excluding hydrogens is 183 g/mol. The summed E-state index contributed by atoms with van der Waals surface area (Å²) < 4.78 is -1.90. The van der Waals surface area contributed by atoms with E-state index in [1.165, 1.54) is 0 Å². The molecule has 1 radical (unpaired) electrons. The van der Waals surface area contributed by atoms with Crippen LogP contribution in [0.25, 0.3) is 0 Å². The summed E-state index contributed by atoms with van der Waals surface area (Å²) in [4.78, 5) is 0. The molecule has 1 aromatic rings. The molecule has 0 bridgehead atoms. The predicted octanol–water partition coefficient (Wildman–Crippen LogP) is 2.79. The summed E-state index contributed by atoms with van der Waals surface area (Å²) >= 11 is 10.6. The average molecular weight is 190 g/mol. The molecule has 0 heterocycles. The highest BCUT2D eigenvalue weighted by molar-refractivity contribution is 6.46. The van der Waals surface area contributed by atoms with E-state index in [1.54, 1.807) is 0 Å². The maximum absolute atomic E-state index is 10.8. The van der Waals surface area contributed by atoms with E-state index in [0.29, 0.717) is 0 Å². The summed E-state index contributed by atoms with van der Waals surface area (Å²) in [5, 5.41) is 10.8. The molecule has 0 saturated heterocycles. The smallest absolute Gasteiger partial charge is 0.193 e. The summed E-state index contributed by atoms with van der Waals surface area (Å²) in [6.07, 6.45) is 0.136. The van der Waals surface area contributed by atoms with Gasteiger partial charge in [0.2, 0.25) is 0 Å². The molecule has 0 aromatic heterocycles. The van der Waals surface area contributed by atoms with Crippen molar-refractivity contribution in [1.29, 1.82) is 0 Å². The SMILES string of the molecule is [O]C(Cl)(Cl)Cc1ccccc1. The highest BCUT2D eigenvalue weighted by Gasteiger charge is 2.21. The van der Waals surface area contributed by atoms with Crippen molar-refractivity contribution in [3.05, 3.63) is 35.9 Å². The van der Waals surface area contributed by atoms with Gasteiger partial charge in [-0.2, -0.15) is 5.11 Å². The minimum absolute atomic E-state index is 0.136. The van der Waals surface area contributed by atoms with Crippen molar-refractivity contribution in [2.75, 3.05) is 0 Å². The first-order valence-corrected chi connectivity index (χ1v) is 3.96. The van der Waals surface area contributed by atoms with Gasteiger partial charge in [-0.1, -0.05) is 53.5 Å². The second-order valence-corrected chi connectivity index (χ2v) is 3.71. The maximum atomic E-state index is 10.8. The Hall–Kier alpha value is -0.240. The van der Waals surface area contributed by atoms with E-state index in [4.69, 9.17) is 23.2 Å². The van der Waals surface area contributed by atoms with Gasteiger partial charge in [0.25, 0.3) is 4.52 Å². The van der Waals surface area contributed by atoms with Crippen LogP contribution in [0.1, 0.15) is 5.56 Å². The van der Waals surface area contributed by atoms with Gasteiger partial charge in [0, 0.05) is 6.42 Å². The van der Waals surface area contributed by atoms with E-state index in [1.807, 2.05) is 30.3 Å². The number of rotatable bonds is 2. The van der Waals surface area contributed by atoms with Crippen LogP contribution in [0.2, 0.25) is 0 Å². The van der Waals surface area contributed by atoms with Gasteiger partial charge in [-0.15, -0.1) is 0 Å². The topological polar surface area (TPSA) is 19.9 Å². The fraction of sp³-hybridized carbons (Fsp3) is 0.250. The summed E-state index contributed by atoms with van der Waals surface area (Å²) in [6.45, 7) is 0. The minimum Gasteiger partial charge on any atom is -0.193 e. The molecule has 11 heavy (non-hydrogen) atoms. The van der Waals surface area contributed by atoms with Crippen LogP contribution in [-0.4, -0.2) is 4.52 Å². The molecule has 1 nitrogen and oxygen atoms in total. The van der Waals surface area contributed by atoms with E-state index >= 15 is 0 Å². The lowest BCUT2D eigenvalue weighted by molar-refractivity contribution is 0.122. The Labute approximate surface area is 75.6 Å². The lowest BCUT2D eigenvalue weighted by Crippen LogP contribution is -2.12. The fourth-order valence-corrected chi connectivity index (χ4v) is 1.14. The highest BCUT2D eigenvalue weighted by Crippen LogP contribution is 2.22. The van der Waals surface area contributed by atoms with E-state index < -0.39 is 4.52 Å². The third-order valence-corrected chi connectivity index (χ3v) is 1.52. The number of benzene rings is 1. The summed E-state index contributed by atoms with van der Waals surface area (Å²) in [6, 6.07) is 9.19. The van der Waals surface area contributed by atoms with Crippen molar-refractivity contribution in [2.24, 2.45) is 0 Å². The van der Waals surface area contributed by atoms with Crippen LogP contribution in [0.15, 0.2) is 30.3 Å². The summed E-state index contributed by atoms with van der Waals surface area (Å²) in [5.41, 5.74) is 0.854. The van der Waals surface area contributed by atoms with Gasteiger partial charge in [0.05, 0.1) is 0 Å². The zero-order valence-corrected chi connectivity index (χ0v) is 7.27. The van der Waals surface area contributed by atoms with Gasteiger partial charge in [0.1, 0.15) is 0 Å². The highest BCUT2D eigenvalue weighted by atomic mass is 35.5. The number of hydrogen-bond donors (Lipinski definition) is 0. The number of hydrogen-bond acceptors (Lipinski definition) is 0. The molecule has 59 valence electrons. The van der Waals surface area contributed by atoms with Gasteiger partial charge in [-0.25, -0.2) is 0 Å². The molecule has 1 rings (SSSR count). The Kier molecular flexibility index (Phi) is 2.77. The van der Waals surface area contributed by atoms with Crippen LogP contribution < -0.4 is 0 Å². The van der Waals surface area contributed by atoms with Gasteiger partial charge in [0.15, 0.2) is 0 Å². The quantitative estimate of drug-likeness (QED) is 0.639.